The lowest BCUT2D eigenvalue weighted by atomic mass is 9.82. The molecule has 0 aromatic carbocycles. The summed E-state index contributed by atoms with van der Waals surface area (Å²) in [5.41, 5.74) is 6.00. The Morgan fingerprint density at radius 2 is 1.85 bits per heavy atom. The van der Waals surface area contributed by atoms with Crippen LogP contribution in [0.3, 0.4) is 0 Å². The number of amides is 1. The second kappa shape index (κ2) is 8.02. The first-order chi connectivity index (χ1) is 9.63. The lowest BCUT2D eigenvalue weighted by molar-refractivity contribution is -0.121. The third-order valence-corrected chi connectivity index (χ3v) is 5.24. The molecule has 2 rings (SSSR count). The maximum atomic E-state index is 11.9. The molecule has 0 aliphatic heterocycles. The normalized spacial score (nSPS) is 34.7. The fourth-order valence-electron chi connectivity index (χ4n) is 4.02. The van der Waals surface area contributed by atoms with Crippen LogP contribution >= 0.6 is 0 Å². The van der Waals surface area contributed by atoms with Crippen molar-refractivity contribution in [1.29, 1.82) is 0 Å². The Morgan fingerprint density at radius 3 is 2.60 bits per heavy atom. The second-order valence-electron chi connectivity index (χ2n) is 7.27. The molecule has 1 amide bonds. The summed E-state index contributed by atoms with van der Waals surface area (Å²) in [6, 6.07) is 0.375. The average Bonchev–Trinajstić information content (AvgIpc) is 2.43. The fraction of sp³-hybridized carbons (Fsp3) is 0.941. The van der Waals surface area contributed by atoms with E-state index in [1.165, 1.54) is 44.9 Å². The molecule has 3 nitrogen and oxygen atoms in total. The largest absolute Gasteiger partial charge is 0.356 e. The Labute approximate surface area is 124 Å². The van der Waals surface area contributed by atoms with Crippen LogP contribution in [0.2, 0.25) is 0 Å². The quantitative estimate of drug-likeness (QED) is 0.812. The number of nitrogens with two attached hydrogens (primary N) is 1. The minimum absolute atomic E-state index is 0.252. The summed E-state index contributed by atoms with van der Waals surface area (Å²) in [5.74, 6) is 2.49. The lowest BCUT2D eigenvalue weighted by Gasteiger charge is -2.27. The lowest BCUT2D eigenvalue weighted by Crippen LogP contribution is -2.32. The topological polar surface area (TPSA) is 55.1 Å². The van der Waals surface area contributed by atoms with Crippen molar-refractivity contribution in [3.8, 4) is 0 Å². The van der Waals surface area contributed by atoms with Gasteiger partial charge in [-0.3, -0.25) is 4.79 Å². The molecular weight excluding hydrogens is 248 g/mol. The van der Waals surface area contributed by atoms with E-state index in [0.717, 1.165) is 25.3 Å². The van der Waals surface area contributed by atoms with Crippen LogP contribution in [0.25, 0.3) is 0 Å². The molecule has 3 N–H and O–H groups in total. The van der Waals surface area contributed by atoms with Gasteiger partial charge in [-0.2, -0.15) is 0 Å². The molecule has 0 spiro atoms. The Bertz CT molecular complexity index is 277. The molecule has 0 radical (unpaired) electrons. The number of carbonyl (C=O) groups excluding carboxylic acids is 1. The minimum Gasteiger partial charge on any atom is -0.356 e. The summed E-state index contributed by atoms with van der Waals surface area (Å²) in [5, 5.41) is 3.15. The molecule has 4 unspecified atom stereocenters. The van der Waals surface area contributed by atoms with Gasteiger partial charge < -0.3 is 11.1 Å². The molecule has 2 saturated carbocycles. The van der Waals surface area contributed by atoms with E-state index in [-0.39, 0.29) is 5.91 Å². The number of hydrogen-bond donors (Lipinski definition) is 2. The average molecular weight is 280 g/mol. The van der Waals surface area contributed by atoms with E-state index in [0.29, 0.717) is 24.3 Å². The summed E-state index contributed by atoms with van der Waals surface area (Å²) < 4.78 is 0. The van der Waals surface area contributed by atoms with Crippen LogP contribution in [0.5, 0.6) is 0 Å². The van der Waals surface area contributed by atoms with Gasteiger partial charge in [-0.1, -0.05) is 32.6 Å². The van der Waals surface area contributed by atoms with Crippen LogP contribution < -0.4 is 11.1 Å². The first kappa shape index (κ1) is 15.8. The van der Waals surface area contributed by atoms with Gasteiger partial charge in [0.05, 0.1) is 0 Å². The van der Waals surface area contributed by atoms with Crippen LogP contribution in [0, 0.1) is 17.8 Å². The molecule has 2 fully saturated rings. The van der Waals surface area contributed by atoms with Crippen LogP contribution in [0.4, 0.5) is 0 Å². The summed E-state index contributed by atoms with van der Waals surface area (Å²) >= 11 is 0. The highest BCUT2D eigenvalue weighted by Gasteiger charge is 2.21. The molecule has 0 aromatic rings. The number of nitrogens with one attached hydrogen (secondary N) is 1. The van der Waals surface area contributed by atoms with Crippen molar-refractivity contribution in [2.24, 2.45) is 23.5 Å². The molecule has 3 heteroatoms. The van der Waals surface area contributed by atoms with Gasteiger partial charge in [-0.05, 0) is 49.9 Å². The molecule has 2 aliphatic carbocycles. The standard InChI is InChI=1S/C17H32N2O/c1-13-4-2-6-15(10-13)12-19-17(20)9-8-14-5-3-7-16(18)11-14/h13-16H,2-12,18H2,1H3,(H,19,20). The van der Waals surface area contributed by atoms with Crippen molar-refractivity contribution in [3.63, 3.8) is 0 Å². The smallest absolute Gasteiger partial charge is 0.220 e. The molecule has 116 valence electrons. The highest BCUT2D eigenvalue weighted by Crippen LogP contribution is 2.28. The minimum atomic E-state index is 0.252. The van der Waals surface area contributed by atoms with Gasteiger partial charge in [0, 0.05) is 19.0 Å². The maximum absolute atomic E-state index is 11.9. The molecule has 0 heterocycles. The molecule has 0 saturated heterocycles. The van der Waals surface area contributed by atoms with Gasteiger partial charge in [0.15, 0.2) is 0 Å². The van der Waals surface area contributed by atoms with Gasteiger partial charge in [-0.15, -0.1) is 0 Å². The van der Waals surface area contributed by atoms with Crippen LogP contribution in [-0.2, 0) is 4.79 Å². The fourth-order valence-corrected chi connectivity index (χ4v) is 4.02. The summed E-state index contributed by atoms with van der Waals surface area (Å²) in [6.07, 6.45) is 11.8. The van der Waals surface area contributed by atoms with E-state index in [2.05, 4.69) is 12.2 Å². The Morgan fingerprint density at radius 1 is 1.10 bits per heavy atom. The van der Waals surface area contributed by atoms with Crippen molar-refractivity contribution < 1.29 is 4.79 Å². The van der Waals surface area contributed by atoms with E-state index in [4.69, 9.17) is 5.73 Å². The Hall–Kier alpha value is -0.570. The Balaban J connectivity index is 1.58. The van der Waals surface area contributed by atoms with Gasteiger partial charge in [0.1, 0.15) is 0 Å². The van der Waals surface area contributed by atoms with Gasteiger partial charge in [-0.25, -0.2) is 0 Å². The zero-order valence-electron chi connectivity index (χ0n) is 13.1. The second-order valence-corrected chi connectivity index (χ2v) is 7.27. The van der Waals surface area contributed by atoms with Gasteiger partial charge in [0.2, 0.25) is 5.91 Å². The first-order valence-electron chi connectivity index (χ1n) is 8.65. The summed E-state index contributed by atoms with van der Waals surface area (Å²) in [7, 11) is 0. The Kier molecular flexibility index (Phi) is 6.34. The predicted octanol–water partition coefficient (Wildman–Crippen LogP) is 3.23. The number of hydrogen-bond acceptors (Lipinski definition) is 2. The molecular formula is C17H32N2O. The van der Waals surface area contributed by atoms with Crippen molar-refractivity contribution in [1.82, 2.24) is 5.32 Å². The molecule has 0 aromatic heterocycles. The SMILES string of the molecule is CC1CCCC(CNC(=O)CCC2CCCC(N)C2)C1. The molecule has 20 heavy (non-hydrogen) atoms. The van der Waals surface area contributed by atoms with Crippen molar-refractivity contribution in [2.45, 2.75) is 77.2 Å². The third kappa shape index (κ3) is 5.43. The van der Waals surface area contributed by atoms with Crippen molar-refractivity contribution in [3.05, 3.63) is 0 Å². The molecule has 0 bridgehead atoms. The van der Waals surface area contributed by atoms with Crippen molar-refractivity contribution in [2.75, 3.05) is 6.54 Å². The maximum Gasteiger partial charge on any atom is 0.220 e. The first-order valence-corrected chi connectivity index (χ1v) is 8.65. The van der Waals surface area contributed by atoms with Gasteiger partial charge >= 0.3 is 0 Å². The van der Waals surface area contributed by atoms with E-state index < -0.39 is 0 Å². The van der Waals surface area contributed by atoms with E-state index in [9.17, 15) is 4.79 Å². The van der Waals surface area contributed by atoms with E-state index in [1.54, 1.807) is 0 Å². The van der Waals surface area contributed by atoms with Gasteiger partial charge in [0.25, 0.3) is 0 Å². The van der Waals surface area contributed by atoms with E-state index >= 15 is 0 Å². The van der Waals surface area contributed by atoms with Crippen LogP contribution in [0.15, 0.2) is 0 Å². The highest BCUT2D eigenvalue weighted by molar-refractivity contribution is 5.75. The monoisotopic (exact) mass is 280 g/mol. The predicted molar refractivity (Wildman–Crippen MR) is 83.3 cm³/mol. The third-order valence-electron chi connectivity index (χ3n) is 5.24. The highest BCUT2D eigenvalue weighted by atomic mass is 16.1. The molecule has 2 aliphatic rings. The number of rotatable bonds is 5. The van der Waals surface area contributed by atoms with Crippen LogP contribution in [-0.4, -0.2) is 18.5 Å². The van der Waals surface area contributed by atoms with Crippen molar-refractivity contribution >= 4 is 5.91 Å². The van der Waals surface area contributed by atoms with Crippen LogP contribution in [0.1, 0.15) is 71.1 Å². The summed E-state index contributed by atoms with van der Waals surface area (Å²) in [6.45, 7) is 3.23. The van der Waals surface area contributed by atoms with E-state index in [1.807, 2.05) is 0 Å². The zero-order chi connectivity index (χ0) is 14.4. The summed E-state index contributed by atoms with van der Waals surface area (Å²) in [4.78, 5) is 11.9. The molecule has 4 atom stereocenters. The number of carbonyl (C=O) groups is 1. The zero-order valence-corrected chi connectivity index (χ0v) is 13.1.